The first-order valence-corrected chi connectivity index (χ1v) is 4.13. The summed E-state index contributed by atoms with van der Waals surface area (Å²) in [4.78, 5) is 0. The van der Waals surface area contributed by atoms with E-state index in [9.17, 15) is 4.39 Å². The van der Waals surface area contributed by atoms with E-state index in [-0.39, 0.29) is 5.83 Å². The van der Waals surface area contributed by atoms with Crippen LogP contribution in [0.25, 0.3) is 0 Å². The highest BCUT2D eigenvalue weighted by Gasteiger charge is 2.08. The summed E-state index contributed by atoms with van der Waals surface area (Å²) in [5.41, 5.74) is 0.780. The van der Waals surface area contributed by atoms with Gasteiger partial charge in [0.2, 0.25) is 0 Å². The maximum atomic E-state index is 12.6. The quantitative estimate of drug-likeness (QED) is 0.449. The van der Waals surface area contributed by atoms with Crippen molar-refractivity contribution in [1.82, 2.24) is 0 Å². The van der Waals surface area contributed by atoms with Crippen LogP contribution in [-0.2, 0) is 0 Å². The summed E-state index contributed by atoms with van der Waals surface area (Å²) in [7, 11) is 0. The zero-order chi connectivity index (χ0) is 6.85. The second-order valence-corrected chi connectivity index (χ2v) is 3.75. The van der Waals surface area contributed by atoms with Crippen molar-refractivity contribution < 1.29 is 4.39 Å². The summed E-state index contributed by atoms with van der Waals surface area (Å²) in [6.07, 6.45) is 4.57. The second kappa shape index (κ2) is 2.82. The molecule has 9 heavy (non-hydrogen) atoms. The van der Waals surface area contributed by atoms with Crippen LogP contribution in [0.3, 0.4) is 0 Å². The molecule has 0 aromatic heterocycles. The number of alkyl halides is 1. The molecule has 1 atom stereocenters. The van der Waals surface area contributed by atoms with E-state index in [0.717, 1.165) is 12.0 Å². The molecule has 50 valence electrons. The van der Waals surface area contributed by atoms with Gasteiger partial charge >= 0.3 is 0 Å². The molecule has 0 saturated heterocycles. The van der Waals surface area contributed by atoms with Crippen LogP contribution in [0.4, 0.5) is 4.39 Å². The summed E-state index contributed by atoms with van der Waals surface area (Å²) in [6, 6.07) is 0. The topological polar surface area (TPSA) is 0 Å². The van der Waals surface area contributed by atoms with Crippen LogP contribution in [-0.4, -0.2) is 3.92 Å². The van der Waals surface area contributed by atoms with E-state index in [0.29, 0.717) is 3.92 Å². The molecule has 0 bridgehead atoms. The average molecular weight is 238 g/mol. The van der Waals surface area contributed by atoms with Crippen LogP contribution in [0.1, 0.15) is 13.3 Å². The Morgan fingerprint density at radius 1 is 1.78 bits per heavy atom. The largest absolute Gasteiger partial charge is 0.207 e. The van der Waals surface area contributed by atoms with Gasteiger partial charge in [-0.1, -0.05) is 28.7 Å². The molecule has 0 spiro atoms. The number of allylic oxidation sites excluding steroid dienone is 4. The van der Waals surface area contributed by atoms with Gasteiger partial charge in [-0.15, -0.1) is 0 Å². The highest BCUT2D eigenvalue weighted by atomic mass is 127. The molecule has 1 aliphatic carbocycles. The number of rotatable bonds is 0. The van der Waals surface area contributed by atoms with Gasteiger partial charge in [0, 0.05) is 3.92 Å². The average Bonchev–Trinajstić information content (AvgIpc) is 1.80. The van der Waals surface area contributed by atoms with E-state index < -0.39 is 0 Å². The molecular weight excluding hydrogens is 230 g/mol. The third kappa shape index (κ3) is 1.78. The highest BCUT2D eigenvalue weighted by Crippen LogP contribution is 2.23. The second-order valence-electron chi connectivity index (χ2n) is 2.15. The van der Waals surface area contributed by atoms with Gasteiger partial charge in [0.1, 0.15) is 5.83 Å². The monoisotopic (exact) mass is 238 g/mol. The highest BCUT2D eigenvalue weighted by molar-refractivity contribution is 14.1. The molecule has 0 aromatic carbocycles. The molecule has 0 fully saturated rings. The minimum atomic E-state index is -0.0550. The molecule has 0 nitrogen and oxygen atoms in total. The van der Waals surface area contributed by atoms with Gasteiger partial charge in [0.15, 0.2) is 0 Å². The molecule has 0 N–H and O–H groups in total. The normalized spacial score (nSPS) is 27.2. The fourth-order valence-corrected chi connectivity index (χ4v) is 1.32. The predicted molar refractivity (Wildman–Crippen MR) is 45.4 cm³/mol. The SMILES string of the molecule is CC1=CCC(I)C=C1F. The van der Waals surface area contributed by atoms with Crippen LogP contribution in [0.5, 0.6) is 0 Å². The predicted octanol–water partition coefficient (Wildman–Crippen LogP) is 2.99. The molecule has 0 heterocycles. The first kappa shape index (κ1) is 7.25. The van der Waals surface area contributed by atoms with Crippen LogP contribution in [0, 0.1) is 0 Å². The van der Waals surface area contributed by atoms with Crippen molar-refractivity contribution in [2.45, 2.75) is 17.3 Å². The molecule has 0 radical (unpaired) electrons. The molecule has 0 amide bonds. The maximum absolute atomic E-state index is 12.6. The van der Waals surface area contributed by atoms with Gasteiger partial charge in [-0.25, -0.2) is 4.39 Å². The summed E-state index contributed by atoms with van der Waals surface area (Å²) < 4.78 is 13.0. The Morgan fingerprint density at radius 3 is 2.89 bits per heavy atom. The fourth-order valence-electron chi connectivity index (χ4n) is 0.745. The Balaban J connectivity index is 2.75. The van der Waals surface area contributed by atoms with E-state index in [1.54, 1.807) is 13.0 Å². The molecule has 0 aromatic rings. The van der Waals surface area contributed by atoms with Crippen LogP contribution < -0.4 is 0 Å². The van der Waals surface area contributed by atoms with Crippen LogP contribution >= 0.6 is 22.6 Å². The molecular formula is C7H8FI. The number of hydrogen-bond donors (Lipinski definition) is 0. The van der Waals surface area contributed by atoms with Gasteiger partial charge in [-0.05, 0) is 25.0 Å². The zero-order valence-corrected chi connectivity index (χ0v) is 7.35. The lowest BCUT2D eigenvalue weighted by molar-refractivity contribution is 0.638. The van der Waals surface area contributed by atoms with Gasteiger partial charge in [0.25, 0.3) is 0 Å². The van der Waals surface area contributed by atoms with Crippen LogP contribution in [0.15, 0.2) is 23.6 Å². The van der Waals surface area contributed by atoms with Gasteiger partial charge < -0.3 is 0 Å². The Labute approximate surface area is 68.0 Å². The molecule has 0 saturated carbocycles. The Bertz CT molecular complexity index is 170. The minimum Gasteiger partial charge on any atom is -0.207 e. The first-order valence-electron chi connectivity index (χ1n) is 2.88. The summed E-state index contributed by atoms with van der Waals surface area (Å²) in [5.74, 6) is -0.0550. The van der Waals surface area contributed by atoms with Crippen molar-refractivity contribution in [2.24, 2.45) is 0 Å². The lowest BCUT2D eigenvalue weighted by Gasteiger charge is -2.08. The summed E-state index contributed by atoms with van der Waals surface area (Å²) >= 11 is 2.22. The van der Waals surface area contributed by atoms with Crippen molar-refractivity contribution >= 4 is 22.6 Å². The molecule has 1 aliphatic rings. The molecule has 0 aliphatic heterocycles. The van der Waals surface area contributed by atoms with Gasteiger partial charge in [-0.3, -0.25) is 0 Å². The Kier molecular flexibility index (Phi) is 2.27. The molecule has 2 heteroatoms. The summed E-state index contributed by atoms with van der Waals surface area (Å²) in [6.45, 7) is 1.80. The molecule has 1 rings (SSSR count). The third-order valence-electron chi connectivity index (χ3n) is 1.35. The summed E-state index contributed by atoms with van der Waals surface area (Å²) in [5, 5.41) is 0. The van der Waals surface area contributed by atoms with Crippen molar-refractivity contribution in [3.63, 3.8) is 0 Å². The van der Waals surface area contributed by atoms with Crippen molar-refractivity contribution in [3.8, 4) is 0 Å². The smallest absolute Gasteiger partial charge is 0.122 e. The lowest BCUT2D eigenvalue weighted by Crippen LogP contribution is -1.97. The Hall–Kier alpha value is 0.140. The maximum Gasteiger partial charge on any atom is 0.122 e. The van der Waals surface area contributed by atoms with E-state index >= 15 is 0 Å². The third-order valence-corrected chi connectivity index (χ3v) is 2.22. The standard InChI is InChI=1S/C7H8FI/c1-5-2-3-6(9)4-7(5)8/h2,4,6H,3H2,1H3. The van der Waals surface area contributed by atoms with Crippen molar-refractivity contribution in [1.29, 1.82) is 0 Å². The first-order chi connectivity index (χ1) is 4.20. The van der Waals surface area contributed by atoms with Crippen LogP contribution in [0.2, 0.25) is 0 Å². The zero-order valence-electron chi connectivity index (χ0n) is 5.20. The van der Waals surface area contributed by atoms with E-state index in [4.69, 9.17) is 0 Å². The van der Waals surface area contributed by atoms with Gasteiger partial charge in [-0.2, -0.15) is 0 Å². The number of hydrogen-bond acceptors (Lipinski definition) is 0. The number of halogens is 2. The van der Waals surface area contributed by atoms with E-state index in [1.807, 2.05) is 6.08 Å². The lowest BCUT2D eigenvalue weighted by atomic mass is 10.1. The Morgan fingerprint density at radius 2 is 2.44 bits per heavy atom. The van der Waals surface area contributed by atoms with Crippen molar-refractivity contribution in [2.75, 3.05) is 0 Å². The fraction of sp³-hybridized carbons (Fsp3) is 0.429. The molecule has 1 unspecified atom stereocenters. The van der Waals surface area contributed by atoms with E-state index in [2.05, 4.69) is 22.6 Å². The van der Waals surface area contributed by atoms with Gasteiger partial charge in [0.05, 0.1) is 0 Å². The van der Waals surface area contributed by atoms with E-state index in [1.165, 1.54) is 0 Å². The minimum absolute atomic E-state index is 0.0550. The van der Waals surface area contributed by atoms with Crippen molar-refractivity contribution in [3.05, 3.63) is 23.6 Å².